The van der Waals surface area contributed by atoms with Gasteiger partial charge in [-0.2, -0.15) is 0 Å². The highest BCUT2D eigenvalue weighted by atomic mass is 32.2. The van der Waals surface area contributed by atoms with Crippen LogP contribution in [0.1, 0.15) is 39.5 Å². The minimum Gasteiger partial charge on any atom is -0.374 e. The second-order valence-electron chi connectivity index (χ2n) is 6.21. The van der Waals surface area contributed by atoms with Crippen LogP contribution in [0.3, 0.4) is 0 Å². The highest BCUT2D eigenvalue weighted by molar-refractivity contribution is 7.91. The van der Waals surface area contributed by atoms with Crippen molar-refractivity contribution in [2.45, 2.75) is 57.7 Å². The van der Waals surface area contributed by atoms with Gasteiger partial charge in [0.25, 0.3) is 0 Å². The van der Waals surface area contributed by atoms with E-state index in [9.17, 15) is 8.42 Å². The fraction of sp³-hybridized carbons (Fsp3) is 1.00. The van der Waals surface area contributed by atoms with Crippen LogP contribution in [0.5, 0.6) is 0 Å². The molecule has 5 nitrogen and oxygen atoms in total. The maximum atomic E-state index is 11.6. The summed E-state index contributed by atoms with van der Waals surface area (Å²) in [6, 6.07) is 0.882. The van der Waals surface area contributed by atoms with Gasteiger partial charge >= 0.3 is 0 Å². The number of likely N-dealkylation sites (N-methyl/N-ethyl adjacent to an activating group) is 1. The van der Waals surface area contributed by atoms with Crippen molar-refractivity contribution in [2.24, 2.45) is 0 Å². The van der Waals surface area contributed by atoms with E-state index in [1.807, 2.05) is 0 Å². The number of morpholine rings is 1. The van der Waals surface area contributed by atoms with Crippen molar-refractivity contribution in [1.82, 2.24) is 10.2 Å². The minimum absolute atomic E-state index is 0.198. The van der Waals surface area contributed by atoms with E-state index in [1.165, 1.54) is 19.4 Å². The first-order valence-corrected chi connectivity index (χ1v) is 10.2. The van der Waals surface area contributed by atoms with Gasteiger partial charge in [0, 0.05) is 24.4 Å². The Morgan fingerprint density at radius 3 is 2.90 bits per heavy atom. The smallest absolute Gasteiger partial charge is 0.150 e. The third-order valence-corrected chi connectivity index (χ3v) is 6.53. The summed E-state index contributed by atoms with van der Waals surface area (Å²) in [5.41, 5.74) is 0. The van der Waals surface area contributed by atoms with Crippen LogP contribution in [0.25, 0.3) is 0 Å². The summed E-state index contributed by atoms with van der Waals surface area (Å²) in [6.07, 6.45) is 4.32. The molecule has 1 N–H and O–H groups in total. The average Bonchev–Trinajstić information content (AvgIpc) is 2.93. The van der Waals surface area contributed by atoms with Crippen molar-refractivity contribution in [3.63, 3.8) is 0 Å². The standard InChI is InChI=1S/C15H30N2O3S/c1-3-16-14(8-6-10-21(18,19)4-2)15-11-17-9-5-7-13(17)12-20-15/h13-16H,3-12H2,1-2H3. The fourth-order valence-electron chi connectivity index (χ4n) is 3.44. The Kier molecular flexibility index (Phi) is 6.47. The van der Waals surface area contributed by atoms with Gasteiger partial charge in [0.05, 0.1) is 18.5 Å². The molecule has 124 valence electrons. The van der Waals surface area contributed by atoms with E-state index in [2.05, 4.69) is 17.1 Å². The predicted molar refractivity (Wildman–Crippen MR) is 85.4 cm³/mol. The van der Waals surface area contributed by atoms with Crippen LogP contribution in [0.2, 0.25) is 0 Å². The highest BCUT2D eigenvalue weighted by Gasteiger charge is 2.35. The second kappa shape index (κ2) is 7.90. The number of hydrogen-bond acceptors (Lipinski definition) is 5. The molecule has 0 aromatic rings. The largest absolute Gasteiger partial charge is 0.374 e. The molecule has 6 heteroatoms. The zero-order valence-corrected chi connectivity index (χ0v) is 14.2. The van der Waals surface area contributed by atoms with Gasteiger partial charge in [-0.1, -0.05) is 13.8 Å². The van der Waals surface area contributed by atoms with Crippen LogP contribution in [-0.2, 0) is 14.6 Å². The Morgan fingerprint density at radius 2 is 2.19 bits per heavy atom. The van der Waals surface area contributed by atoms with Crippen LogP contribution in [0.15, 0.2) is 0 Å². The van der Waals surface area contributed by atoms with Gasteiger partial charge < -0.3 is 10.1 Å². The van der Waals surface area contributed by atoms with Gasteiger partial charge in [0.15, 0.2) is 0 Å². The van der Waals surface area contributed by atoms with Gasteiger partial charge in [-0.25, -0.2) is 8.42 Å². The lowest BCUT2D eigenvalue weighted by Crippen LogP contribution is -2.54. The molecule has 0 saturated carbocycles. The molecule has 2 aliphatic rings. The Morgan fingerprint density at radius 1 is 1.38 bits per heavy atom. The number of nitrogens with one attached hydrogen (secondary N) is 1. The molecule has 0 aromatic carbocycles. The quantitative estimate of drug-likeness (QED) is 0.725. The van der Waals surface area contributed by atoms with Crippen molar-refractivity contribution in [3.8, 4) is 0 Å². The number of rotatable bonds is 8. The molecule has 0 spiro atoms. The molecule has 3 atom stereocenters. The van der Waals surface area contributed by atoms with Gasteiger partial charge in [0.1, 0.15) is 9.84 Å². The van der Waals surface area contributed by atoms with Crippen molar-refractivity contribution < 1.29 is 13.2 Å². The number of ether oxygens (including phenoxy) is 1. The summed E-state index contributed by atoms with van der Waals surface area (Å²) in [6.45, 7) is 7.72. The van der Waals surface area contributed by atoms with Crippen LogP contribution in [0, 0.1) is 0 Å². The maximum absolute atomic E-state index is 11.6. The lowest BCUT2D eigenvalue weighted by molar-refractivity contribution is -0.0654. The predicted octanol–water partition coefficient (Wildman–Crippen LogP) is 1.04. The third kappa shape index (κ3) is 4.91. The van der Waals surface area contributed by atoms with Crippen molar-refractivity contribution in [1.29, 1.82) is 0 Å². The zero-order valence-electron chi connectivity index (χ0n) is 13.4. The Balaban J connectivity index is 1.83. The Bertz CT molecular complexity index is 413. The molecule has 2 saturated heterocycles. The van der Waals surface area contributed by atoms with E-state index in [4.69, 9.17) is 4.74 Å². The summed E-state index contributed by atoms with van der Waals surface area (Å²) in [5, 5.41) is 3.49. The molecular weight excluding hydrogens is 288 g/mol. The Labute approximate surface area is 129 Å². The minimum atomic E-state index is -2.85. The molecule has 2 fully saturated rings. The van der Waals surface area contributed by atoms with Gasteiger partial charge in [-0.05, 0) is 38.8 Å². The second-order valence-corrected chi connectivity index (χ2v) is 8.68. The summed E-state index contributed by atoms with van der Waals surface area (Å²) >= 11 is 0. The summed E-state index contributed by atoms with van der Waals surface area (Å²) < 4.78 is 29.3. The monoisotopic (exact) mass is 318 g/mol. The third-order valence-electron chi connectivity index (χ3n) is 4.74. The van der Waals surface area contributed by atoms with Crippen LogP contribution < -0.4 is 5.32 Å². The van der Waals surface area contributed by atoms with E-state index in [0.29, 0.717) is 11.8 Å². The number of sulfone groups is 1. The van der Waals surface area contributed by atoms with Crippen molar-refractivity contribution in [3.05, 3.63) is 0 Å². The van der Waals surface area contributed by atoms with Crippen LogP contribution in [0.4, 0.5) is 0 Å². The van der Waals surface area contributed by atoms with E-state index >= 15 is 0 Å². The zero-order chi connectivity index (χ0) is 15.3. The van der Waals surface area contributed by atoms with E-state index in [0.717, 1.165) is 32.5 Å². The molecule has 0 aromatic heterocycles. The van der Waals surface area contributed by atoms with Crippen molar-refractivity contribution in [2.75, 3.05) is 37.7 Å². The lowest BCUT2D eigenvalue weighted by atomic mass is 10.0. The van der Waals surface area contributed by atoms with Crippen LogP contribution >= 0.6 is 0 Å². The van der Waals surface area contributed by atoms with E-state index in [-0.39, 0.29) is 17.9 Å². The number of nitrogens with zero attached hydrogens (tertiary/aromatic N) is 1. The van der Waals surface area contributed by atoms with Gasteiger partial charge in [0.2, 0.25) is 0 Å². The summed E-state index contributed by atoms with van der Waals surface area (Å²) in [5.74, 6) is 0.540. The molecule has 2 rings (SSSR count). The molecule has 0 radical (unpaired) electrons. The first-order chi connectivity index (χ1) is 10.1. The average molecular weight is 318 g/mol. The fourth-order valence-corrected chi connectivity index (χ4v) is 4.33. The number of fused-ring (bicyclic) bond motifs is 1. The summed E-state index contributed by atoms with van der Waals surface area (Å²) in [4.78, 5) is 2.54. The SMILES string of the molecule is CCNC(CCCS(=O)(=O)CC)C1CN2CCCC2CO1. The normalized spacial score (nSPS) is 28.5. The first kappa shape index (κ1) is 17.2. The summed E-state index contributed by atoms with van der Waals surface area (Å²) in [7, 11) is -2.85. The molecule has 0 amide bonds. The maximum Gasteiger partial charge on any atom is 0.150 e. The molecule has 3 unspecified atom stereocenters. The number of hydrogen-bond donors (Lipinski definition) is 1. The molecule has 0 aliphatic carbocycles. The Hall–Kier alpha value is -0.170. The molecule has 2 heterocycles. The molecule has 0 bridgehead atoms. The molecular formula is C15H30N2O3S. The lowest BCUT2D eigenvalue weighted by Gasteiger charge is -2.39. The van der Waals surface area contributed by atoms with Gasteiger partial charge in [-0.3, -0.25) is 4.90 Å². The van der Waals surface area contributed by atoms with Crippen LogP contribution in [-0.4, -0.2) is 69.3 Å². The van der Waals surface area contributed by atoms with Crippen molar-refractivity contribution >= 4 is 9.84 Å². The molecule has 2 aliphatic heterocycles. The molecule has 21 heavy (non-hydrogen) atoms. The van der Waals surface area contributed by atoms with E-state index < -0.39 is 9.84 Å². The van der Waals surface area contributed by atoms with Gasteiger partial charge in [-0.15, -0.1) is 0 Å². The highest BCUT2D eigenvalue weighted by Crippen LogP contribution is 2.24. The van der Waals surface area contributed by atoms with E-state index in [1.54, 1.807) is 6.92 Å². The first-order valence-electron chi connectivity index (χ1n) is 8.35. The topological polar surface area (TPSA) is 58.6 Å².